The fourth-order valence-electron chi connectivity index (χ4n) is 2.99. The Balaban J connectivity index is 1.98. The van der Waals surface area contributed by atoms with Gasteiger partial charge in [0.05, 0.1) is 12.5 Å². The van der Waals surface area contributed by atoms with Gasteiger partial charge in [-0.3, -0.25) is 9.59 Å². The van der Waals surface area contributed by atoms with Gasteiger partial charge in [-0.05, 0) is 45.2 Å². The summed E-state index contributed by atoms with van der Waals surface area (Å²) in [4.78, 5) is 26.1. The van der Waals surface area contributed by atoms with Gasteiger partial charge in [-0.15, -0.1) is 0 Å². The summed E-state index contributed by atoms with van der Waals surface area (Å²) in [5, 5.41) is 12.1. The summed E-state index contributed by atoms with van der Waals surface area (Å²) < 4.78 is 5.05. The first-order valence-corrected chi connectivity index (χ1v) is 8.85. The highest BCUT2D eigenvalue weighted by Crippen LogP contribution is 2.20. The van der Waals surface area contributed by atoms with Crippen LogP contribution in [0.25, 0.3) is 0 Å². The maximum atomic E-state index is 12.4. The molecule has 1 saturated heterocycles. The van der Waals surface area contributed by atoms with E-state index in [1.165, 1.54) is 0 Å². The minimum Gasteiger partial charge on any atom is -0.466 e. The highest BCUT2D eigenvalue weighted by atomic mass is 16.5. The van der Waals surface area contributed by atoms with Gasteiger partial charge >= 0.3 is 5.97 Å². The number of ether oxygens (including phenoxy) is 1. The molecule has 0 bridgehead atoms. The van der Waals surface area contributed by atoms with Crippen molar-refractivity contribution < 1.29 is 14.3 Å². The minimum absolute atomic E-state index is 0.0551. The number of benzene rings is 1. The van der Waals surface area contributed by atoms with Gasteiger partial charge in [0.1, 0.15) is 11.6 Å². The van der Waals surface area contributed by atoms with Crippen molar-refractivity contribution in [2.75, 3.05) is 25.0 Å². The average Bonchev–Trinajstić information content (AvgIpc) is 2.62. The van der Waals surface area contributed by atoms with Crippen LogP contribution in [0.2, 0.25) is 0 Å². The van der Waals surface area contributed by atoms with Crippen LogP contribution >= 0.6 is 0 Å². The van der Waals surface area contributed by atoms with E-state index in [-0.39, 0.29) is 17.5 Å². The second-order valence-corrected chi connectivity index (χ2v) is 6.49. The van der Waals surface area contributed by atoms with Crippen molar-refractivity contribution in [3.63, 3.8) is 0 Å². The lowest BCUT2D eigenvalue weighted by atomic mass is 9.97. The van der Waals surface area contributed by atoms with Crippen molar-refractivity contribution in [2.24, 2.45) is 5.92 Å². The molecule has 0 aliphatic carbocycles. The number of anilines is 1. The molecule has 0 spiro atoms. The molecule has 1 aliphatic heterocycles. The lowest BCUT2D eigenvalue weighted by molar-refractivity contribution is -0.149. The topological polar surface area (TPSA) is 82.4 Å². The van der Waals surface area contributed by atoms with E-state index in [1.807, 2.05) is 43.0 Å². The molecule has 1 heterocycles. The van der Waals surface area contributed by atoms with Crippen LogP contribution in [-0.2, 0) is 14.3 Å². The Morgan fingerprint density at radius 3 is 2.62 bits per heavy atom. The highest BCUT2D eigenvalue weighted by molar-refractivity contribution is 6.06. The number of carbonyl (C=O) groups is 2. The Bertz CT molecular complexity index is 741. The Morgan fingerprint density at radius 2 is 2.04 bits per heavy atom. The number of aryl methyl sites for hydroxylation is 2. The predicted molar refractivity (Wildman–Crippen MR) is 99.2 cm³/mol. The molecule has 1 fully saturated rings. The predicted octanol–water partition coefficient (Wildman–Crippen LogP) is 2.92. The van der Waals surface area contributed by atoms with Gasteiger partial charge in [0.15, 0.2) is 0 Å². The van der Waals surface area contributed by atoms with E-state index in [4.69, 9.17) is 4.74 Å². The summed E-state index contributed by atoms with van der Waals surface area (Å²) in [5.74, 6) is -0.689. The monoisotopic (exact) mass is 355 g/mol. The van der Waals surface area contributed by atoms with Crippen LogP contribution in [-0.4, -0.2) is 36.5 Å². The Morgan fingerprint density at radius 1 is 1.35 bits per heavy atom. The summed E-state index contributed by atoms with van der Waals surface area (Å²) in [7, 11) is 0. The molecule has 0 radical (unpaired) electrons. The van der Waals surface area contributed by atoms with Gasteiger partial charge in [-0.25, -0.2) is 0 Å². The largest absolute Gasteiger partial charge is 0.466 e. The van der Waals surface area contributed by atoms with Crippen molar-refractivity contribution in [1.82, 2.24) is 4.90 Å². The van der Waals surface area contributed by atoms with Gasteiger partial charge < -0.3 is 15.0 Å². The highest BCUT2D eigenvalue weighted by Gasteiger charge is 2.25. The molecule has 0 saturated carbocycles. The van der Waals surface area contributed by atoms with Crippen LogP contribution in [0.5, 0.6) is 0 Å². The Hall–Kier alpha value is -2.81. The van der Waals surface area contributed by atoms with E-state index in [9.17, 15) is 14.9 Å². The summed E-state index contributed by atoms with van der Waals surface area (Å²) in [6.07, 6.45) is 2.90. The quantitative estimate of drug-likeness (QED) is 0.499. The number of amides is 1. The summed E-state index contributed by atoms with van der Waals surface area (Å²) in [6, 6.07) is 7.70. The fraction of sp³-hybridized carbons (Fsp3) is 0.450. The minimum atomic E-state index is -0.424. The molecule has 26 heavy (non-hydrogen) atoms. The number of piperidine rings is 1. The molecule has 2 rings (SSSR count). The molecule has 0 atom stereocenters. The fourth-order valence-corrected chi connectivity index (χ4v) is 2.99. The Labute approximate surface area is 154 Å². The van der Waals surface area contributed by atoms with Crippen molar-refractivity contribution in [2.45, 2.75) is 33.6 Å². The number of hydrogen-bond acceptors (Lipinski definition) is 5. The van der Waals surface area contributed by atoms with Crippen molar-refractivity contribution in [3.8, 4) is 6.07 Å². The van der Waals surface area contributed by atoms with E-state index in [2.05, 4.69) is 5.32 Å². The van der Waals surface area contributed by atoms with E-state index >= 15 is 0 Å². The maximum Gasteiger partial charge on any atom is 0.309 e. The molecule has 6 nitrogen and oxygen atoms in total. The number of likely N-dealkylation sites (tertiary alicyclic amines) is 1. The van der Waals surface area contributed by atoms with E-state index < -0.39 is 5.91 Å². The van der Waals surface area contributed by atoms with E-state index in [1.54, 1.807) is 13.1 Å². The number of hydrogen-bond donors (Lipinski definition) is 1. The molecule has 1 amide bonds. The molecule has 1 aromatic carbocycles. The zero-order valence-corrected chi connectivity index (χ0v) is 15.5. The lowest BCUT2D eigenvalue weighted by Gasteiger charge is -2.30. The molecule has 1 aromatic rings. The van der Waals surface area contributed by atoms with Crippen molar-refractivity contribution in [1.29, 1.82) is 5.26 Å². The van der Waals surface area contributed by atoms with E-state index in [0.29, 0.717) is 38.2 Å². The number of carbonyl (C=O) groups excluding carboxylic acids is 2. The van der Waals surface area contributed by atoms with Crippen LogP contribution in [0.4, 0.5) is 5.69 Å². The third-order valence-electron chi connectivity index (χ3n) is 4.46. The first-order chi connectivity index (χ1) is 12.4. The van der Waals surface area contributed by atoms with Gasteiger partial charge in [0.2, 0.25) is 0 Å². The first-order valence-electron chi connectivity index (χ1n) is 8.85. The first kappa shape index (κ1) is 19.5. The second kappa shape index (κ2) is 9.04. The Kier molecular flexibility index (Phi) is 6.79. The summed E-state index contributed by atoms with van der Waals surface area (Å²) in [6.45, 7) is 7.31. The number of nitrogens with one attached hydrogen (secondary N) is 1. The zero-order chi connectivity index (χ0) is 19.1. The van der Waals surface area contributed by atoms with Gasteiger partial charge in [-0.2, -0.15) is 5.26 Å². The number of nitriles is 1. The van der Waals surface area contributed by atoms with Crippen LogP contribution in [0, 0.1) is 31.1 Å². The summed E-state index contributed by atoms with van der Waals surface area (Å²) in [5.41, 5.74) is 2.81. The summed E-state index contributed by atoms with van der Waals surface area (Å²) >= 11 is 0. The standard InChI is InChI=1S/C20H25N3O3/c1-4-26-20(25)16-7-9-23(10-8-16)13-17(12-21)19(24)22-18-6-5-14(2)11-15(18)3/h5-6,11,13,16H,4,7-10H2,1-3H3,(H,22,24)/b17-13-. The van der Waals surface area contributed by atoms with Gasteiger partial charge in [-0.1, -0.05) is 17.7 Å². The van der Waals surface area contributed by atoms with Crippen LogP contribution < -0.4 is 5.32 Å². The van der Waals surface area contributed by atoms with Crippen molar-refractivity contribution in [3.05, 3.63) is 41.1 Å². The molecule has 0 unspecified atom stereocenters. The number of nitrogens with zero attached hydrogens (tertiary/aromatic N) is 2. The van der Waals surface area contributed by atoms with Crippen LogP contribution in [0.1, 0.15) is 30.9 Å². The lowest BCUT2D eigenvalue weighted by Crippen LogP contribution is -2.34. The maximum absolute atomic E-state index is 12.4. The SMILES string of the molecule is CCOC(=O)C1CCN(/C=C(/C#N)C(=O)Nc2ccc(C)cc2C)CC1. The second-order valence-electron chi connectivity index (χ2n) is 6.49. The zero-order valence-electron chi connectivity index (χ0n) is 15.5. The van der Waals surface area contributed by atoms with Crippen LogP contribution in [0.3, 0.4) is 0 Å². The number of rotatable bonds is 5. The smallest absolute Gasteiger partial charge is 0.309 e. The van der Waals surface area contributed by atoms with Crippen molar-refractivity contribution >= 4 is 17.6 Å². The molecule has 6 heteroatoms. The molecule has 1 N–H and O–H groups in total. The van der Waals surface area contributed by atoms with Crippen LogP contribution in [0.15, 0.2) is 30.0 Å². The molecule has 0 aromatic heterocycles. The van der Waals surface area contributed by atoms with Gasteiger partial charge in [0.25, 0.3) is 5.91 Å². The third-order valence-corrected chi connectivity index (χ3v) is 4.46. The molecular weight excluding hydrogens is 330 g/mol. The average molecular weight is 355 g/mol. The normalized spacial score (nSPS) is 15.3. The third kappa shape index (κ3) is 5.09. The van der Waals surface area contributed by atoms with E-state index in [0.717, 1.165) is 11.1 Å². The molecule has 1 aliphatic rings. The molecular formula is C20H25N3O3. The van der Waals surface area contributed by atoms with Gasteiger partial charge in [0, 0.05) is 25.0 Å². The number of esters is 1. The molecule has 138 valence electrons.